The van der Waals surface area contributed by atoms with Crippen LogP contribution in [0.2, 0.25) is 0 Å². The maximum Gasteiger partial charge on any atom is 0.261 e. The molecule has 0 atom stereocenters. The number of rotatable bonds is 8. The predicted molar refractivity (Wildman–Crippen MR) is 98.3 cm³/mol. The van der Waals surface area contributed by atoms with Crippen molar-refractivity contribution in [3.63, 3.8) is 0 Å². The van der Waals surface area contributed by atoms with Gasteiger partial charge in [0.1, 0.15) is 5.82 Å². The van der Waals surface area contributed by atoms with Gasteiger partial charge < -0.3 is 10.3 Å². The van der Waals surface area contributed by atoms with E-state index in [0.717, 1.165) is 18.7 Å². The molecule has 3 amide bonds. The summed E-state index contributed by atoms with van der Waals surface area (Å²) in [6.07, 6.45) is 2.38. The number of hydrogen-bond donors (Lipinski definition) is 1. The highest BCUT2D eigenvalue weighted by atomic mass is 32.2. The van der Waals surface area contributed by atoms with Gasteiger partial charge in [-0.05, 0) is 25.0 Å². The highest BCUT2D eigenvalue weighted by Crippen LogP contribution is 2.40. The Labute approximate surface area is 160 Å². The summed E-state index contributed by atoms with van der Waals surface area (Å²) in [6, 6.07) is 6.85. The molecule has 9 heteroatoms. The van der Waals surface area contributed by atoms with E-state index in [1.54, 1.807) is 24.3 Å². The molecule has 0 unspecified atom stereocenters. The molecule has 0 bridgehead atoms. The van der Waals surface area contributed by atoms with Gasteiger partial charge in [0, 0.05) is 31.2 Å². The Hall–Kier alpha value is -2.68. The Balaban J connectivity index is 1.42. The van der Waals surface area contributed by atoms with Crippen molar-refractivity contribution in [2.45, 2.75) is 36.9 Å². The lowest BCUT2D eigenvalue weighted by atomic mass is 10.1. The van der Waals surface area contributed by atoms with Crippen molar-refractivity contribution >= 4 is 29.5 Å². The lowest BCUT2D eigenvalue weighted by Crippen LogP contribution is -2.31. The molecule has 1 fully saturated rings. The molecule has 4 rings (SSSR count). The molecule has 1 saturated carbocycles. The van der Waals surface area contributed by atoms with E-state index in [4.69, 9.17) is 5.73 Å². The first kappa shape index (κ1) is 17.7. The molecular formula is C18H19N5O3S. The molecule has 8 nitrogen and oxygen atoms in total. The molecule has 1 aliphatic carbocycles. The second-order valence-corrected chi connectivity index (χ2v) is 7.70. The molecule has 2 aromatic rings. The van der Waals surface area contributed by atoms with Gasteiger partial charge in [0.2, 0.25) is 5.91 Å². The van der Waals surface area contributed by atoms with Crippen molar-refractivity contribution in [1.29, 1.82) is 0 Å². The van der Waals surface area contributed by atoms with E-state index in [2.05, 4.69) is 10.2 Å². The fourth-order valence-electron chi connectivity index (χ4n) is 3.15. The van der Waals surface area contributed by atoms with Gasteiger partial charge in [-0.15, -0.1) is 10.2 Å². The van der Waals surface area contributed by atoms with Crippen molar-refractivity contribution in [3.05, 3.63) is 41.2 Å². The average molecular weight is 385 g/mol. The summed E-state index contributed by atoms with van der Waals surface area (Å²) < 4.78 is 1.94. The van der Waals surface area contributed by atoms with Gasteiger partial charge in [-0.1, -0.05) is 23.9 Å². The average Bonchev–Trinajstić information content (AvgIpc) is 3.38. The number of aromatic nitrogens is 3. The first-order chi connectivity index (χ1) is 13.1. The number of fused-ring (bicyclic) bond motifs is 1. The number of nitrogens with two attached hydrogens (primary N) is 1. The molecule has 2 aliphatic rings. The number of imide groups is 1. The molecule has 0 spiro atoms. The Morgan fingerprint density at radius 3 is 2.37 bits per heavy atom. The quantitative estimate of drug-likeness (QED) is 0.543. The molecule has 0 saturated heterocycles. The molecule has 1 aromatic carbocycles. The maximum absolute atomic E-state index is 12.4. The molecular weight excluding hydrogens is 366 g/mol. The Morgan fingerprint density at radius 1 is 1.11 bits per heavy atom. The molecule has 2 heterocycles. The lowest BCUT2D eigenvalue weighted by molar-refractivity contribution is -0.118. The minimum Gasteiger partial charge on any atom is -0.370 e. The van der Waals surface area contributed by atoms with Crippen LogP contribution in [-0.4, -0.2) is 49.7 Å². The van der Waals surface area contributed by atoms with Crippen LogP contribution >= 0.6 is 11.8 Å². The summed E-state index contributed by atoms with van der Waals surface area (Å²) in [4.78, 5) is 37.2. The Morgan fingerprint density at radius 2 is 1.78 bits per heavy atom. The van der Waals surface area contributed by atoms with Gasteiger partial charge in [-0.25, -0.2) is 0 Å². The number of nitrogens with zero attached hydrogens (tertiary/aromatic N) is 4. The molecule has 27 heavy (non-hydrogen) atoms. The molecule has 0 radical (unpaired) electrons. The Kier molecular flexibility index (Phi) is 4.69. The number of amides is 3. The normalized spacial score (nSPS) is 16.1. The van der Waals surface area contributed by atoms with Crippen molar-refractivity contribution in [3.8, 4) is 0 Å². The number of carbonyl (C=O) groups excluding carboxylic acids is 3. The van der Waals surface area contributed by atoms with E-state index in [1.807, 2.05) is 4.57 Å². The van der Waals surface area contributed by atoms with Crippen LogP contribution in [-0.2, 0) is 11.3 Å². The van der Waals surface area contributed by atoms with E-state index in [-0.39, 0.29) is 24.1 Å². The van der Waals surface area contributed by atoms with Crippen LogP contribution in [0.1, 0.15) is 51.7 Å². The first-order valence-corrected chi connectivity index (χ1v) is 9.84. The predicted octanol–water partition coefficient (Wildman–Crippen LogP) is 1.42. The number of hydrogen-bond acceptors (Lipinski definition) is 6. The third kappa shape index (κ3) is 3.46. The van der Waals surface area contributed by atoms with E-state index >= 15 is 0 Å². The third-order valence-corrected chi connectivity index (χ3v) is 5.64. The SMILES string of the molecule is NC(=O)CCn1c(SCCN2C(=O)c3ccccc3C2=O)nnc1C1CC1. The zero-order chi connectivity index (χ0) is 19.0. The summed E-state index contributed by atoms with van der Waals surface area (Å²) in [6.45, 7) is 0.738. The monoisotopic (exact) mass is 385 g/mol. The summed E-state index contributed by atoms with van der Waals surface area (Å²) in [5, 5.41) is 9.18. The number of primary amides is 1. The molecule has 140 valence electrons. The number of thioether (sulfide) groups is 1. The van der Waals surface area contributed by atoms with Crippen LogP contribution in [0.25, 0.3) is 0 Å². The highest BCUT2D eigenvalue weighted by molar-refractivity contribution is 7.99. The smallest absolute Gasteiger partial charge is 0.261 e. The van der Waals surface area contributed by atoms with Crippen LogP contribution in [0, 0.1) is 0 Å². The zero-order valence-corrected chi connectivity index (χ0v) is 15.4. The van der Waals surface area contributed by atoms with E-state index in [9.17, 15) is 14.4 Å². The number of benzene rings is 1. The topological polar surface area (TPSA) is 111 Å². The first-order valence-electron chi connectivity index (χ1n) is 8.85. The standard InChI is InChI=1S/C18H19N5O3S/c19-14(24)7-8-22-15(11-5-6-11)20-21-18(22)27-10-9-23-16(25)12-3-1-2-4-13(12)17(23)26/h1-4,11H,5-10H2,(H2,19,24). The van der Waals surface area contributed by atoms with E-state index in [0.29, 0.717) is 41.0 Å². The van der Waals surface area contributed by atoms with Crippen molar-refractivity contribution in [1.82, 2.24) is 19.7 Å². The van der Waals surface area contributed by atoms with Crippen molar-refractivity contribution in [2.24, 2.45) is 5.73 Å². The largest absolute Gasteiger partial charge is 0.370 e. The highest BCUT2D eigenvalue weighted by Gasteiger charge is 2.35. The van der Waals surface area contributed by atoms with Crippen molar-refractivity contribution in [2.75, 3.05) is 12.3 Å². The summed E-state index contributed by atoms with van der Waals surface area (Å²) in [7, 11) is 0. The van der Waals surface area contributed by atoms with Gasteiger partial charge in [-0.3, -0.25) is 19.3 Å². The fraction of sp³-hybridized carbons (Fsp3) is 0.389. The maximum atomic E-state index is 12.4. The second-order valence-electron chi connectivity index (χ2n) is 6.64. The number of carbonyl (C=O) groups is 3. The Bertz CT molecular complexity index is 886. The van der Waals surface area contributed by atoms with Crippen LogP contribution in [0.5, 0.6) is 0 Å². The lowest BCUT2D eigenvalue weighted by Gasteiger charge is -2.13. The van der Waals surface area contributed by atoms with E-state index in [1.165, 1.54) is 16.7 Å². The van der Waals surface area contributed by atoms with Gasteiger partial charge in [0.25, 0.3) is 11.8 Å². The second kappa shape index (κ2) is 7.15. The molecule has 2 N–H and O–H groups in total. The van der Waals surface area contributed by atoms with E-state index < -0.39 is 0 Å². The van der Waals surface area contributed by atoms with Gasteiger partial charge in [0.15, 0.2) is 5.16 Å². The summed E-state index contributed by atoms with van der Waals surface area (Å²) in [5.41, 5.74) is 6.18. The van der Waals surface area contributed by atoms with Crippen LogP contribution < -0.4 is 5.73 Å². The minimum atomic E-state index is -0.368. The minimum absolute atomic E-state index is 0.226. The van der Waals surface area contributed by atoms with Gasteiger partial charge in [0.05, 0.1) is 11.1 Å². The molecule has 1 aliphatic heterocycles. The van der Waals surface area contributed by atoms with Gasteiger partial charge >= 0.3 is 0 Å². The van der Waals surface area contributed by atoms with Crippen LogP contribution in [0.3, 0.4) is 0 Å². The summed E-state index contributed by atoms with van der Waals surface area (Å²) >= 11 is 1.43. The van der Waals surface area contributed by atoms with Crippen molar-refractivity contribution < 1.29 is 14.4 Å². The molecule has 1 aromatic heterocycles. The van der Waals surface area contributed by atoms with Gasteiger partial charge in [-0.2, -0.15) is 0 Å². The third-order valence-electron chi connectivity index (χ3n) is 4.69. The summed E-state index contributed by atoms with van der Waals surface area (Å²) in [5.74, 6) is 0.906. The zero-order valence-electron chi connectivity index (χ0n) is 14.6. The fourth-order valence-corrected chi connectivity index (χ4v) is 4.05. The van der Waals surface area contributed by atoms with Crippen LogP contribution in [0.4, 0.5) is 0 Å². The van der Waals surface area contributed by atoms with Crippen LogP contribution in [0.15, 0.2) is 29.4 Å².